The third kappa shape index (κ3) is 4.15. The zero-order valence-electron chi connectivity index (χ0n) is 13.6. The van der Waals surface area contributed by atoms with Gasteiger partial charge in [0.15, 0.2) is 5.16 Å². The van der Waals surface area contributed by atoms with E-state index in [1.54, 1.807) is 6.20 Å². The molecule has 0 atom stereocenters. The van der Waals surface area contributed by atoms with Gasteiger partial charge < -0.3 is 4.90 Å². The van der Waals surface area contributed by atoms with Crippen LogP contribution in [0.5, 0.6) is 0 Å². The highest BCUT2D eigenvalue weighted by Crippen LogP contribution is 2.23. The number of amides is 1. The van der Waals surface area contributed by atoms with Gasteiger partial charge in [-0.3, -0.25) is 9.36 Å². The average molecular weight is 339 g/mol. The van der Waals surface area contributed by atoms with Crippen molar-refractivity contribution in [1.82, 2.24) is 14.5 Å². The standard InChI is InChI=1S/C17H17N5OS/c1-13-3-4-14(2)15(11-13)22-10-7-20-17(22)24-12-16(23)21(8-5-18)9-6-19/h3-4,7,10-11H,8-9,12H2,1-2H3. The Morgan fingerprint density at radius 1 is 1.29 bits per heavy atom. The summed E-state index contributed by atoms with van der Waals surface area (Å²) < 4.78 is 1.94. The topological polar surface area (TPSA) is 85.7 Å². The molecule has 1 heterocycles. The number of benzene rings is 1. The van der Waals surface area contributed by atoms with Crippen molar-refractivity contribution >= 4 is 17.7 Å². The van der Waals surface area contributed by atoms with Gasteiger partial charge in [0.05, 0.1) is 23.6 Å². The predicted molar refractivity (Wildman–Crippen MR) is 91.6 cm³/mol. The molecule has 1 amide bonds. The highest BCUT2D eigenvalue weighted by molar-refractivity contribution is 7.99. The lowest BCUT2D eigenvalue weighted by atomic mass is 10.1. The first-order chi connectivity index (χ1) is 11.6. The minimum absolute atomic E-state index is 0.0849. The Hall–Kier alpha value is -2.77. The van der Waals surface area contributed by atoms with Gasteiger partial charge in [-0.2, -0.15) is 10.5 Å². The van der Waals surface area contributed by atoms with Gasteiger partial charge in [0.25, 0.3) is 0 Å². The maximum absolute atomic E-state index is 12.2. The van der Waals surface area contributed by atoms with Crippen LogP contribution in [0.2, 0.25) is 0 Å². The Bertz CT molecular complexity index is 799. The lowest BCUT2D eigenvalue weighted by Crippen LogP contribution is -2.33. The van der Waals surface area contributed by atoms with Crippen LogP contribution in [0.25, 0.3) is 5.69 Å². The van der Waals surface area contributed by atoms with Crippen LogP contribution in [0.1, 0.15) is 11.1 Å². The smallest absolute Gasteiger partial charge is 0.234 e. The predicted octanol–water partition coefficient (Wildman–Crippen LogP) is 2.46. The second-order valence-corrected chi connectivity index (χ2v) is 6.17. The largest absolute Gasteiger partial charge is 0.315 e. The van der Waals surface area contributed by atoms with E-state index >= 15 is 0 Å². The molecule has 0 saturated carbocycles. The second-order valence-electron chi connectivity index (χ2n) is 5.22. The molecule has 1 aromatic carbocycles. The SMILES string of the molecule is Cc1ccc(C)c(-n2ccnc2SCC(=O)N(CC#N)CC#N)c1. The van der Waals surface area contributed by atoms with Crippen LogP contribution in [0.3, 0.4) is 0 Å². The molecule has 0 bridgehead atoms. The van der Waals surface area contributed by atoms with E-state index in [-0.39, 0.29) is 24.7 Å². The van der Waals surface area contributed by atoms with E-state index in [1.165, 1.54) is 16.7 Å². The lowest BCUT2D eigenvalue weighted by Gasteiger charge is -2.16. The van der Waals surface area contributed by atoms with E-state index in [0.717, 1.165) is 16.8 Å². The number of aromatic nitrogens is 2. The Labute approximate surface area is 145 Å². The van der Waals surface area contributed by atoms with Crippen molar-refractivity contribution in [3.63, 3.8) is 0 Å². The van der Waals surface area contributed by atoms with Gasteiger partial charge in [0, 0.05) is 12.4 Å². The van der Waals surface area contributed by atoms with E-state index in [2.05, 4.69) is 11.1 Å². The molecular formula is C17H17N5OS. The fourth-order valence-electron chi connectivity index (χ4n) is 2.18. The van der Waals surface area contributed by atoms with E-state index < -0.39 is 0 Å². The number of imidazole rings is 1. The van der Waals surface area contributed by atoms with E-state index in [9.17, 15) is 4.79 Å². The Morgan fingerprint density at radius 3 is 2.67 bits per heavy atom. The molecular weight excluding hydrogens is 322 g/mol. The summed E-state index contributed by atoms with van der Waals surface area (Å²) in [6.07, 6.45) is 3.55. The van der Waals surface area contributed by atoms with Crippen molar-refractivity contribution in [2.75, 3.05) is 18.8 Å². The van der Waals surface area contributed by atoms with Crippen molar-refractivity contribution in [2.45, 2.75) is 19.0 Å². The van der Waals surface area contributed by atoms with E-state index in [4.69, 9.17) is 10.5 Å². The maximum atomic E-state index is 12.2. The second kappa shape index (κ2) is 8.19. The quantitative estimate of drug-likeness (QED) is 0.596. The van der Waals surface area contributed by atoms with Crippen LogP contribution < -0.4 is 0 Å². The molecule has 0 aliphatic heterocycles. The first-order valence-electron chi connectivity index (χ1n) is 7.32. The molecule has 2 aromatic rings. The van der Waals surface area contributed by atoms with Gasteiger partial charge in [-0.05, 0) is 31.0 Å². The summed E-state index contributed by atoms with van der Waals surface area (Å²) in [6.45, 7) is 3.88. The van der Waals surface area contributed by atoms with Crippen LogP contribution in [0.4, 0.5) is 0 Å². The number of rotatable bonds is 6. The molecule has 0 radical (unpaired) electrons. The van der Waals surface area contributed by atoms with Crippen LogP contribution in [-0.2, 0) is 4.79 Å². The van der Waals surface area contributed by atoms with Crippen LogP contribution in [0, 0.1) is 36.5 Å². The van der Waals surface area contributed by atoms with Gasteiger partial charge in [-0.1, -0.05) is 23.9 Å². The summed E-state index contributed by atoms with van der Waals surface area (Å²) in [5, 5.41) is 18.2. The normalized spacial score (nSPS) is 10.0. The van der Waals surface area contributed by atoms with Gasteiger partial charge in [-0.15, -0.1) is 0 Å². The van der Waals surface area contributed by atoms with E-state index in [0.29, 0.717) is 5.16 Å². The minimum atomic E-state index is -0.251. The molecule has 6 nitrogen and oxygen atoms in total. The van der Waals surface area contributed by atoms with Crippen LogP contribution >= 0.6 is 11.8 Å². The molecule has 0 aliphatic rings. The Morgan fingerprint density at radius 2 is 2.00 bits per heavy atom. The van der Waals surface area contributed by atoms with Crippen molar-refractivity contribution in [2.24, 2.45) is 0 Å². The Balaban J connectivity index is 2.14. The number of thioether (sulfide) groups is 1. The number of hydrogen-bond acceptors (Lipinski definition) is 5. The number of nitrogens with zero attached hydrogens (tertiary/aromatic N) is 5. The molecule has 2 rings (SSSR count). The number of carbonyl (C=O) groups is 1. The van der Waals surface area contributed by atoms with Crippen molar-refractivity contribution < 1.29 is 4.79 Å². The molecule has 0 aliphatic carbocycles. The zero-order chi connectivity index (χ0) is 17.5. The summed E-state index contributed by atoms with van der Waals surface area (Å²) >= 11 is 1.29. The minimum Gasteiger partial charge on any atom is -0.315 e. The van der Waals surface area contributed by atoms with Gasteiger partial charge in [-0.25, -0.2) is 4.98 Å². The number of nitriles is 2. The van der Waals surface area contributed by atoms with Gasteiger partial charge in [0.1, 0.15) is 13.1 Å². The summed E-state index contributed by atoms with van der Waals surface area (Å²) in [5.41, 5.74) is 3.28. The monoisotopic (exact) mass is 339 g/mol. The highest BCUT2D eigenvalue weighted by atomic mass is 32.2. The molecule has 0 unspecified atom stereocenters. The van der Waals surface area contributed by atoms with Crippen molar-refractivity contribution in [3.8, 4) is 17.8 Å². The first-order valence-corrected chi connectivity index (χ1v) is 8.31. The van der Waals surface area contributed by atoms with E-state index in [1.807, 2.05) is 48.9 Å². The Kier molecular flexibility index (Phi) is 6.00. The molecule has 1 aromatic heterocycles. The number of carbonyl (C=O) groups excluding carboxylic acids is 1. The van der Waals surface area contributed by atoms with Gasteiger partial charge in [0.2, 0.25) is 5.91 Å². The highest BCUT2D eigenvalue weighted by Gasteiger charge is 2.15. The molecule has 0 fully saturated rings. The third-order valence-corrected chi connectivity index (χ3v) is 4.38. The van der Waals surface area contributed by atoms with Crippen molar-refractivity contribution in [3.05, 3.63) is 41.7 Å². The average Bonchev–Trinajstić information content (AvgIpc) is 3.03. The summed E-state index contributed by atoms with van der Waals surface area (Å²) in [5.74, 6) is -0.121. The molecule has 0 saturated heterocycles. The number of hydrogen-bond donors (Lipinski definition) is 0. The van der Waals surface area contributed by atoms with Gasteiger partial charge >= 0.3 is 0 Å². The first kappa shape index (κ1) is 17.6. The number of aryl methyl sites for hydroxylation is 2. The summed E-state index contributed by atoms with van der Waals surface area (Å²) in [7, 11) is 0. The van der Waals surface area contributed by atoms with Crippen molar-refractivity contribution in [1.29, 1.82) is 10.5 Å². The fraction of sp³-hybridized carbons (Fsp3) is 0.294. The van der Waals surface area contributed by atoms with Crippen LogP contribution in [-0.4, -0.2) is 39.2 Å². The maximum Gasteiger partial charge on any atom is 0.234 e. The molecule has 0 spiro atoms. The lowest BCUT2D eigenvalue weighted by molar-refractivity contribution is -0.127. The van der Waals surface area contributed by atoms with Crippen LogP contribution in [0.15, 0.2) is 35.7 Å². The molecule has 0 N–H and O–H groups in total. The third-order valence-electron chi connectivity index (χ3n) is 3.43. The zero-order valence-corrected chi connectivity index (χ0v) is 14.4. The molecule has 24 heavy (non-hydrogen) atoms. The molecule has 7 heteroatoms. The fourth-order valence-corrected chi connectivity index (χ4v) is 3.05. The molecule has 122 valence electrons. The summed E-state index contributed by atoms with van der Waals surface area (Å²) in [6, 6.07) is 9.97. The summed E-state index contributed by atoms with van der Waals surface area (Å²) in [4.78, 5) is 17.7.